The Morgan fingerprint density at radius 2 is 1.71 bits per heavy atom. The summed E-state index contributed by atoms with van der Waals surface area (Å²) in [6, 6.07) is 24.9. The maximum Gasteiger partial charge on any atom is 0.253 e. The van der Waals surface area contributed by atoms with E-state index < -0.39 is 0 Å². The second-order valence-corrected chi connectivity index (χ2v) is 6.93. The van der Waals surface area contributed by atoms with Crippen molar-refractivity contribution in [1.82, 2.24) is 20.5 Å². The summed E-state index contributed by atoms with van der Waals surface area (Å²) in [6.45, 7) is 0.241. The zero-order chi connectivity index (χ0) is 21.6. The van der Waals surface area contributed by atoms with Gasteiger partial charge in [-0.3, -0.25) is 9.89 Å². The van der Waals surface area contributed by atoms with Crippen LogP contribution in [0.4, 0.5) is 11.4 Å². The summed E-state index contributed by atoms with van der Waals surface area (Å²) in [5, 5.41) is 10.1. The van der Waals surface area contributed by atoms with E-state index in [9.17, 15) is 4.79 Å². The minimum Gasteiger partial charge on any atom is -0.497 e. The lowest BCUT2D eigenvalue weighted by molar-refractivity contribution is 0.0950. The molecule has 0 bridgehead atoms. The number of H-pyrrole nitrogens is 1. The number of methoxy groups -OCH3 is 1. The molecular weight excluding hydrogens is 390 g/mol. The first-order valence-electron chi connectivity index (χ1n) is 9.87. The zero-order valence-corrected chi connectivity index (χ0v) is 17.4. The molecule has 0 saturated heterocycles. The Labute approximate surface area is 180 Å². The van der Waals surface area contributed by atoms with Crippen LogP contribution in [-0.2, 0) is 6.54 Å². The second kappa shape index (κ2) is 9.13. The summed E-state index contributed by atoms with van der Waals surface area (Å²) in [4.78, 5) is 19.4. The molecule has 1 aromatic heterocycles. The van der Waals surface area contributed by atoms with Crippen LogP contribution in [0.3, 0.4) is 0 Å². The molecule has 0 saturated carbocycles. The largest absolute Gasteiger partial charge is 0.497 e. The number of carbonyl (C=O) groups is 1. The van der Waals surface area contributed by atoms with Crippen LogP contribution in [0.5, 0.6) is 5.75 Å². The van der Waals surface area contributed by atoms with Gasteiger partial charge in [-0.1, -0.05) is 30.3 Å². The van der Waals surface area contributed by atoms with Crippen LogP contribution < -0.4 is 15.0 Å². The highest BCUT2D eigenvalue weighted by atomic mass is 16.5. The third-order valence-electron chi connectivity index (χ3n) is 4.95. The average molecular weight is 413 g/mol. The molecule has 7 nitrogen and oxygen atoms in total. The number of aromatic amines is 1. The fraction of sp³-hybridized carbons (Fsp3) is 0.125. The highest BCUT2D eigenvalue weighted by Crippen LogP contribution is 2.26. The van der Waals surface area contributed by atoms with Crippen LogP contribution in [0.15, 0.2) is 78.9 Å². The van der Waals surface area contributed by atoms with Gasteiger partial charge in [0, 0.05) is 18.3 Å². The van der Waals surface area contributed by atoms with Crippen molar-refractivity contribution in [3.05, 3.63) is 90.3 Å². The van der Waals surface area contributed by atoms with E-state index in [1.807, 2.05) is 90.8 Å². The molecule has 4 rings (SSSR count). The Hall–Kier alpha value is -4.13. The summed E-state index contributed by atoms with van der Waals surface area (Å²) >= 11 is 0. The summed E-state index contributed by atoms with van der Waals surface area (Å²) in [5.74, 6) is 1.73. The van der Waals surface area contributed by atoms with Crippen LogP contribution >= 0.6 is 0 Å². The molecule has 4 aromatic rings. The van der Waals surface area contributed by atoms with Crippen LogP contribution in [0.25, 0.3) is 11.4 Å². The number of benzene rings is 3. The van der Waals surface area contributed by atoms with Gasteiger partial charge >= 0.3 is 0 Å². The lowest BCUT2D eigenvalue weighted by Crippen LogP contribution is -2.25. The van der Waals surface area contributed by atoms with Gasteiger partial charge in [0.05, 0.1) is 24.9 Å². The van der Waals surface area contributed by atoms with Gasteiger partial charge in [-0.15, -0.1) is 0 Å². The third kappa shape index (κ3) is 4.56. The molecule has 0 fully saturated rings. The predicted molar refractivity (Wildman–Crippen MR) is 120 cm³/mol. The minimum atomic E-state index is -0.180. The number of rotatable bonds is 7. The summed E-state index contributed by atoms with van der Waals surface area (Å²) < 4.78 is 5.17. The lowest BCUT2D eigenvalue weighted by atomic mass is 10.1. The zero-order valence-electron chi connectivity index (χ0n) is 17.4. The Kier molecular flexibility index (Phi) is 5.93. The van der Waals surface area contributed by atoms with Crippen molar-refractivity contribution in [2.45, 2.75) is 6.54 Å². The van der Waals surface area contributed by atoms with E-state index in [2.05, 4.69) is 20.5 Å². The number of nitrogens with zero attached hydrogens (tertiary/aromatic N) is 3. The molecule has 0 atom stereocenters. The van der Waals surface area contributed by atoms with Crippen molar-refractivity contribution in [1.29, 1.82) is 0 Å². The van der Waals surface area contributed by atoms with E-state index in [4.69, 9.17) is 4.74 Å². The molecule has 31 heavy (non-hydrogen) atoms. The number of hydrogen-bond donors (Lipinski definition) is 2. The van der Waals surface area contributed by atoms with Gasteiger partial charge in [0.25, 0.3) is 5.91 Å². The quantitative estimate of drug-likeness (QED) is 0.475. The van der Waals surface area contributed by atoms with E-state index in [0.717, 1.165) is 22.7 Å². The number of ether oxygens (including phenoxy) is 1. The standard InChI is InChI=1S/C24H23N5O2/c1-29(18-8-4-3-5-9-18)21-11-7-6-10-20(21)24(30)25-16-22-26-23(28-27-22)17-12-14-19(31-2)15-13-17/h3-15H,16H2,1-2H3,(H,25,30)(H,26,27,28). The average Bonchev–Trinajstić information content (AvgIpc) is 3.32. The van der Waals surface area contributed by atoms with Crippen LogP contribution in [0.1, 0.15) is 16.2 Å². The maximum absolute atomic E-state index is 12.9. The first-order chi connectivity index (χ1) is 15.2. The van der Waals surface area contributed by atoms with E-state index in [0.29, 0.717) is 17.2 Å². The van der Waals surface area contributed by atoms with Gasteiger partial charge in [-0.05, 0) is 48.5 Å². The van der Waals surface area contributed by atoms with Crippen molar-refractivity contribution in [3.63, 3.8) is 0 Å². The number of hydrogen-bond acceptors (Lipinski definition) is 5. The Morgan fingerprint density at radius 3 is 2.45 bits per heavy atom. The Morgan fingerprint density at radius 1 is 1.00 bits per heavy atom. The second-order valence-electron chi connectivity index (χ2n) is 6.93. The lowest BCUT2D eigenvalue weighted by Gasteiger charge is -2.22. The van der Waals surface area contributed by atoms with Gasteiger partial charge in [-0.25, -0.2) is 4.98 Å². The van der Waals surface area contributed by atoms with Crippen LogP contribution in [0.2, 0.25) is 0 Å². The number of anilines is 2. The molecule has 156 valence electrons. The predicted octanol–water partition coefficient (Wildman–Crippen LogP) is 4.18. The Bertz CT molecular complexity index is 1160. The molecule has 0 unspecified atom stereocenters. The molecular formula is C24H23N5O2. The first-order valence-corrected chi connectivity index (χ1v) is 9.87. The highest BCUT2D eigenvalue weighted by Gasteiger charge is 2.15. The van der Waals surface area contributed by atoms with Gasteiger partial charge in [0.15, 0.2) is 5.82 Å². The first kappa shape index (κ1) is 20.2. The number of amides is 1. The van der Waals surface area contributed by atoms with Crippen molar-refractivity contribution in [2.75, 3.05) is 19.1 Å². The fourth-order valence-corrected chi connectivity index (χ4v) is 3.25. The molecule has 0 spiro atoms. The molecule has 1 heterocycles. The molecule has 7 heteroatoms. The van der Waals surface area contributed by atoms with E-state index in [1.165, 1.54) is 0 Å². The van der Waals surface area contributed by atoms with Crippen molar-refractivity contribution in [2.24, 2.45) is 0 Å². The molecule has 0 radical (unpaired) electrons. The monoisotopic (exact) mass is 413 g/mol. The number of para-hydroxylation sites is 2. The van der Waals surface area contributed by atoms with Gasteiger partial charge < -0.3 is 15.0 Å². The number of carbonyl (C=O) groups excluding carboxylic acids is 1. The third-order valence-corrected chi connectivity index (χ3v) is 4.95. The number of nitrogens with one attached hydrogen (secondary N) is 2. The van der Waals surface area contributed by atoms with E-state index >= 15 is 0 Å². The van der Waals surface area contributed by atoms with E-state index in [-0.39, 0.29) is 12.5 Å². The molecule has 0 aliphatic carbocycles. The van der Waals surface area contributed by atoms with Crippen LogP contribution in [-0.4, -0.2) is 35.2 Å². The summed E-state index contributed by atoms with van der Waals surface area (Å²) in [5.41, 5.74) is 3.28. The van der Waals surface area contributed by atoms with Crippen molar-refractivity contribution < 1.29 is 9.53 Å². The molecule has 0 aliphatic rings. The highest BCUT2D eigenvalue weighted by molar-refractivity contribution is 6.00. The van der Waals surface area contributed by atoms with Gasteiger partial charge in [-0.2, -0.15) is 5.10 Å². The summed E-state index contributed by atoms with van der Waals surface area (Å²) in [6.07, 6.45) is 0. The normalized spacial score (nSPS) is 10.5. The van der Waals surface area contributed by atoms with Crippen molar-refractivity contribution >= 4 is 17.3 Å². The topological polar surface area (TPSA) is 83.1 Å². The van der Waals surface area contributed by atoms with Crippen molar-refractivity contribution in [3.8, 4) is 17.1 Å². The van der Waals surface area contributed by atoms with Gasteiger partial charge in [0.1, 0.15) is 11.6 Å². The molecule has 0 aliphatic heterocycles. The minimum absolute atomic E-state index is 0.180. The fourth-order valence-electron chi connectivity index (χ4n) is 3.25. The molecule has 1 amide bonds. The number of aromatic nitrogens is 3. The molecule has 2 N–H and O–H groups in total. The maximum atomic E-state index is 12.9. The smallest absolute Gasteiger partial charge is 0.253 e. The molecule has 3 aromatic carbocycles. The van der Waals surface area contributed by atoms with E-state index in [1.54, 1.807) is 7.11 Å². The van der Waals surface area contributed by atoms with Gasteiger partial charge in [0.2, 0.25) is 0 Å². The SMILES string of the molecule is COc1ccc(-c2n[nH]c(CNC(=O)c3ccccc3N(C)c3ccccc3)n2)cc1. The summed E-state index contributed by atoms with van der Waals surface area (Å²) in [7, 11) is 3.57. The van der Waals surface area contributed by atoms with Crippen LogP contribution in [0, 0.1) is 0 Å². The Balaban J connectivity index is 1.46.